The molecule has 1 fully saturated rings. The minimum absolute atomic E-state index is 0.247. The summed E-state index contributed by atoms with van der Waals surface area (Å²) in [4.78, 5) is 0.247. The van der Waals surface area contributed by atoms with Gasteiger partial charge in [0.15, 0.2) is 5.11 Å². The summed E-state index contributed by atoms with van der Waals surface area (Å²) >= 11 is 5.16. The quantitative estimate of drug-likeness (QED) is 0.823. The Morgan fingerprint density at radius 2 is 2.05 bits per heavy atom. The third-order valence-electron chi connectivity index (χ3n) is 2.78. The number of benzene rings is 1. The molecule has 5 nitrogen and oxygen atoms in total. The monoisotopic (exact) mass is 299 g/mol. The van der Waals surface area contributed by atoms with E-state index in [1.807, 2.05) is 0 Å². The van der Waals surface area contributed by atoms with Gasteiger partial charge in [0.1, 0.15) is 0 Å². The average molecular weight is 299 g/mol. The molecule has 7 heteroatoms. The van der Waals surface area contributed by atoms with Crippen molar-refractivity contribution in [2.45, 2.75) is 23.8 Å². The van der Waals surface area contributed by atoms with Gasteiger partial charge in [0, 0.05) is 25.8 Å². The lowest BCUT2D eigenvalue weighted by atomic mass is 10.3. The first-order valence-electron chi connectivity index (χ1n) is 6.00. The van der Waals surface area contributed by atoms with Crippen molar-refractivity contribution in [3.63, 3.8) is 0 Å². The fourth-order valence-corrected chi connectivity index (χ4v) is 2.76. The second-order valence-corrected chi connectivity index (χ2v) is 7.25. The van der Waals surface area contributed by atoms with Crippen LogP contribution >= 0.6 is 12.2 Å². The Hall–Kier alpha value is -1.18. The highest BCUT2D eigenvalue weighted by Crippen LogP contribution is 2.20. The fraction of sp³-hybridized carbons (Fsp3) is 0.417. The first-order valence-corrected chi connectivity index (χ1v) is 7.84. The van der Waals surface area contributed by atoms with E-state index in [4.69, 9.17) is 12.2 Å². The number of sulfonamides is 1. The van der Waals surface area contributed by atoms with Crippen molar-refractivity contribution in [2.75, 3.05) is 19.4 Å². The van der Waals surface area contributed by atoms with Gasteiger partial charge in [0.2, 0.25) is 10.0 Å². The van der Waals surface area contributed by atoms with Crippen LogP contribution in [0.5, 0.6) is 0 Å². The SMILES string of the molecule is CN(C)S(=O)(=O)c1cccc(NC(=S)NC2CC2)c1. The standard InChI is InChI=1S/C12H17N3O2S2/c1-15(2)19(16,17)11-5-3-4-10(8-11)14-12(18)13-9-6-7-9/h3-5,8-9H,6-7H2,1-2H3,(H2,13,14,18). The number of hydrogen-bond acceptors (Lipinski definition) is 3. The Bertz CT molecular complexity index is 580. The molecule has 0 spiro atoms. The minimum atomic E-state index is -3.42. The number of nitrogens with zero attached hydrogens (tertiary/aromatic N) is 1. The van der Waals surface area contributed by atoms with Crippen LogP contribution in [0.4, 0.5) is 5.69 Å². The largest absolute Gasteiger partial charge is 0.360 e. The number of nitrogens with one attached hydrogen (secondary N) is 2. The Morgan fingerprint density at radius 1 is 1.37 bits per heavy atom. The van der Waals surface area contributed by atoms with Crippen molar-refractivity contribution in [3.05, 3.63) is 24.3 Å². The van der Waals surface area contributed by atoms with Gasteiger partial charge in [-0.15, -0.1) is 0 Å². The van der Waals surface area contributed by atoms with Crippen molar-refractivity contribution in [2.24, 2.45) is 0 Å². The number of anilines is 1. The van der Waals surface area contributed by atoms with Gasteiger partial charge in [0.05, 0.1) is 4.90 Å². The molecule has 0 atom stereocenters. The predicted molar refractivity (Wildman–Crippen MR) is 79.7 cm³/mol. The summed E-state index contributed by atoms with van der Waals surface area (Å²) in [5, 5.41) is 6.68. The van der Waals surface area contributed by atoms with Crippen LogP contribution in [0.25, 0.3) is 0 Å². The molecule has 1 aromatic rings. The van der Waals surface area contributed by atoms with E-state index in [1.54, 1.807) is 24.3 Å². The maximum absolute atomic E-state index is 12.0. The molecule has 0 radical (unpaired) electrons. The molecule has 0 aromatic heterocycles. The van der Waals surface area contributed by atoms with Gasteiger partial charge in [0.25, 0.3) is 0 Å². The number of rotatable bonds is 4. The summed E-state index contributed by atoms with van der Waals surface area (Å²) in [7, 11) is -0.399. The summed E-state index contributed by atoms with van der Waals surface area (Å²) in [6, 6.07) is 7.09. The van der Waals surface area contributed by atoms with Crippen molar-refractivity contribution >= 4 is 33.0 Å². The van der Waals surface area contributed by atoms with E-state index in [0.717, 1.165) is 12.8 Å². The van der Waals surface area contributed by atoms with Crippen molar-refractivity contribution in [1.29, 1.82) is 0 Å². The molecular formula is C12H17N3O2S2. The van der Waals surface area contributed by atoms with Gasteiger partial charge in [-0.05, 0) is 43.3 Å². The Balaban J connectivity index is 2.12. The molecule has 1 aliphatic rings. The maximum atomic E-state index is 12.0. The third-order valence-corrected chi connectivity index (χ3v) is 4.81. The van der Waals surface area contributed by atoms with Crippen LogP contribution in [0.2, 0.25) is 0 Å². The van der Waals surface area contributed by atoms with E-state index in [0.29, 0.717) is 16.8 Å². The topological polar surface area (TPSA) is 61.4 Å². The smallest absolute Gasteiger partial charge is 0.242 e. The Kier molecular flexibility index (Phi) is 4.07. The summed E-state index contributed by atoms with van der Waals surface area (Å²) in [6.07, 6.45) is 2.27. The van der Waals surface area contributed by atoms with E-state index in [1.165, 1.54) is 18.4 Å². The minimum Gasteiger partial charge on any atom is -0.360 e. The van der Waals surface area contributed by atoms with Gasteiger partial charge < -0.3 is 10.6 Å². The molecule has 0 heterocycles. The fourth-order valence-electron chi connectivity index (χ4n) is 1.53. The second kappa shape index (κ2) is 5.44. The Morgan fingerprint density at radius 3 is 2.63 bits per heavy atom. The zero-order chi connectivity index (χ0) is 14.0. The van der Waals surface area contributed by atoms with E-state index >= 15 is 0 Å². The maximum Gasteiger partial charge on any atom is 0.242 e. The highest BCUT2D eigenvalue weighted by molar-refractivity contribution is 7.89. The predicted octanol–water partition coefficient (Wildman–Crippen LogP) is 1.39. The molecule has 0 saturated heterocycles. The van der Waals surface area contributed by atoms with Crippen LogP contribution in [0, 0.1) is 0 Å². The van der Waals surface area contributed by atoms with Crippen molar-refractivity contribution in [1.82, 2.24) is 9.62 Å². The molecule has 0 aliphatic heterocycles. The summed E-state index contributed by atoms with van der Waals surface area (Å²) in [5.74, 6) is 0. The highest BCUT2D eigenvalue weighted by Gasteiger charge is 2.22. The molecule has 1 aliphatic carbocycles. The van der Waals surface area contributed by atoms with Crippen LogP contribution < -0.4 is 10.6 Å². The normalized spacial score (nSPS) is 15.3. The summed E-state index contributed by atoms with van der Waals surface area (Å²) in [5.41, 5.74) is 0.668. The van der Waals surface area contributed by atoms with Crippen LogP contribution in [0.1, 0.15) is 12.8 Å². The number of thiocarbonyl (C=S) groups is 1. The molecule has 0 unspecified atom stereocenters. The molecule has 0 bridgehead atoms. The van der Waals surface area contributed by atoms with E-state index < -0.39 is 10.0 Å². The lowest BCUT2D eigenvalue weighted by Gasteiger charge is -2.13. The first-order chi connectivity index (χ1) is 8.89. The molecule has 1 saturated carbocycles. The van der Waals surface area contributed by atoms with E-state index in [-0.39, 0.29) is 4.90 Å². The molecule has 19 heavy (non-hydrogen) atoms. The average Bonchev–Trinajstić information content (AvgIpc) is 3.12. The van der Waals surface area contributed by atoms with E-state index in [2.05, 4.69) is 10.6 Å². The lowest BCUT2D eigenvalue weighted by Crippen LogP contribution is -2.30. The highest BCUT2D eigenvalue weighted by atomic mass is 32.2. The zero-order valence-corrected chi connectivity index (χ0v) is 12.5. The summed E-state index contributed by atoms with van der Waals surface area (Å²) in [6.45, 7) is 0. The van der Waals surface area contributed by atoms with Gasteiger partial charge in [-0.3, -0.25) is 0 Å². The first kappa shape index (κ1) is 14.2. The molecule has 1 aromatic carbocycles. The Labute approximate surface area is 119 Å². The van der Waals surface area contributed by atoms with Gasteiger partial charge >= 0.3 is 0 Å². The van der Waals surface area contributed by atoms with Gasteiger partial charge in [-0.1, -0.05) is 6.07 Å². The summed E-state index contributed by atoms with van der Waals surface area (Å²) < 4.78 is 25.2. The second-order valence-electron chi connectivity index (χ2n) is 4.69. The molecule has 2 N–H and O–H groups in total. The third kappa shape index (κ3) is 3.65. The van der Waals surface area contributed by atoms with Crippen LogP contribution in [0.15, 0.2) is 29.2 Å². The molecule has 0 amide bonds. The molecule has 104 valence electrons. The molecular weight excluding hydrogens is 282 g/mol. The van der Waals surface area contributed by atoms with Crippen molar-refractivity contribution in [3.8, 4) is 0 Å². The lowest BCUT2D eigenvalue weighted by molar-refractivity contribution is 0.521. The van der Waals surface area contributed by atoms with Crippen LogP contribution in [0.3, 0.4) is 0 Å². The van der Waals surface area contributed by atoms with Crippen LogP contribution in [-0.2, 0) is 10.0 Å². The van der Waals surface area contributed by atoms with Gasteiger partial charge in [-0.25, -0.2) is 12.7 Å². The van der Waals surface area contributed by atoms with Crippen LogP contribution in [-0.4, -0.2) is 38.0 Å². The van der Waals surface area contributed by atoms with E-state index in [9.17, 15) is 8.42 Å². The zero-order valence-electron chi connectivity index (χ0n) is 10.9. The van der Waals surface area contributed by atoms with Crippen molar-refractivity contribution < 1.29 is 8.42 Å². The number of hydrogen-bond donors (Lipinski definition) is 2. The van der Waals surface area contributed by atoms with Gasteiger partial charge in [-0.2, -0.15) is 0 Å². The molecule has 2 rings (SSSR count).